The van der Waals surface area contributed by atoms with Crippen molar-refractivity contribution in [3.63, 3.8) is 0 Å². The van der Waals surface area contributed by atoms with E-state index in [1.165, 1.54) is 12.0 Å². The maximum atomic E-state index is 5.74. The summed E-state index contributed by atoms with van der Waals surface area (Å²) < 4.78 is 0. The predicted octanol–water partition coefficient (Wildman–Crippen LogP) is 2.25. The first-order chi connectivity index (χ1) is 5.75. The van der Waals surface area contributed by atoms with Crippen molar-refractivity contribution >= 4 is 11.6 Å². The van der Waals surface area contributed by atoms with Crippen molar-refractivity contribution < 1.29 is 0 Å². The summed E-state index contributed by atoms with van der Waals surface area (Å²) >= 11 is 5.74. The zero-order valence-corrected chi connectivity index (χ0v) is 7.80. The molecule has 1 aromatic heterocycles. The molecule has 0 aliphatic heterocycles. The normalized spacial score (nSPS) is 22.0. The fraction of sp³-hybridized carbons (Fsp3) is 0.556. The van der Waals surface area contributed by atoms with Crippen LogP contribution in [0.1, 0.15) is 24.6 Å². The van der Waals surface area contributed by atoms with E-state index >= 15 is 0 Å². The van der Waals surface area contributed by atoms with Crippen molar-refractivity contribution in [3.05, 3.63) is 22.5 Å². The lowest BCUT2D eigenvalue weighted by atomic mass is 9.89. The number of rotatable bonds is 0. The van der Waals surface area contributed by atoms with E-state index in [4.69, 9.17) is 11.6 Å². The minimum Gasteiger partial charge on any atom is -0.154 e. The van der Waals surface area contributed by atoms with Gasteiger partial charge in [-0.05, 0) is 36.8 Å². The van der Waals surface area contributed by atoms with Gasteiger partial charge in [-0.1, -0.05) is 18.5 Å². The number of aryl methyl sites for hydroxylation is 1. The molecule has 2 nitrogen and oxygen atoms in total. The molecule has 1 aliphatic rings. The van der Waals surface area contributed by atoms with Crippen LogP contribution in [0.15, 0.2) is 6.07 Å². The molecule has 0 N–H and O–H groups in total. The smallest absolute Gasteiger partial charge is 0.152 e. The molecule has 3 heteroatoms. The van der Waals surface area contributed by atoms with Crippen LogP contribution in [-0.4, -0.2) is 10.2 Å². The Morgan fingerprint density at radius 3 is 3.17 bits per heavy atom. The minimum absolute atomic E-state index is 0.517. The average Bonchev–Trinajstić information content (AvgIpc) is 2.05. The Labute approximate surface area is 77.0 Å². The SMILES string of the molecule is C[C@H]1CCc2cc(Cl)nnc2C1. The number of halogens is 1. The van der Waals surface area contributed by atoms with E-state index in [0.717, 1.165) is 24.5 Å². The van der Waals surface area contributed by atoms with Crippen molar-refractivity contribution in [1.29, 1.82) is 0 Å². The third-order valence-electron chi connectivity index (χ3n) is 2.38. The maximum absolute atomic E-state index is 5.74. The van der Waals surface area contributed by atoms with E-state index in [1.54, 1.807) is 0 Å². The van der Waals surface area contributed by atoms with Crippen LogP contribution in [0.4, 0.5) is 0 Å². The van der Waals surface area contributed by atoms with Crippen LogP contribution in [0.25, 0.3) is 0 Å². The Kier molecular flexibility index (Phi) is 2.01. The van der Waals surface area contributed by atoms with E-state index < -0.39 is 0 Å². The maximum Gasteiger partial charge on any atom is 0.152 e. The molecule has 0 bridgehead atoms. The lowest BCUT2D eigenvalue weighted by Gasteiger charge is -2.19. The first-order valence-electron chi connectivity index (χ1n) is 4.26. The molecule has 0 amide bonds. The van der Waals surface area contributed by atoms with Crippen molar-refractivity contribution in [3.8, 4) is 0 Å². The van der Waals surface area contributed by atoms with Gasteiger partial charge in [0.15, 0.2) is 5.15 Å². The molecule has 0 saturated heterocycles. The van der Waals surface area contributed by atoms with Crippen molar-refractivity contribution in [2.45, 2.75) is 26.2 Å². The second-order valence-electron chi connectivity index (χ2n) is 3.49. The van der Waals surface area contributed by atoms with Crippen LogP contribution in [0.3, 0.4) is 0 Å². The lowest BCUT2D eigenvalue weighted by molar-refractivity contribution is 0.487. The third-order valence-corrected chi connectivity index (χ3v) is 2.56. The highest BCUT2D eigenvalue weighted by Crippen LogP contribution is 2.24. The second-order valence-corrected chi connectivity index (χ2v) is 3.87. The van der Waals surface area contributed by atoms with Crippen LogP contribution in [-0.2, 0) is 12.8 Å². The van der Waals surface area contributed by atoms with Gasteiger partial charge in [0.25, 0.3) is 0 Å². The third kappa shape index (κ3) is 1.44. The molecule has 2 rings (SSSR count). The summed E-state index contributed by atoms with van der Waals surface area (Å²) in [5, 5.41) is 8.45. The van der Waals surface area contributed by atoms with Gasteiger partial charge < -0.3 is 0 Å². The summed E-state index contributed by atoms with van der Waals surface area (Å²) in [5.74, 6) is 0.743. The van der Waals surface area contributed by atoms with Gasteiger partial charge in [0.2, 0.25) is 0 Å². The molecule has 0 radical (unpaired) electrons. The molecule has 0 aromatic carbocycles. The zero-order chi connectivity index (χ0) is 8.55. The largest absolute Gasteiger partial charge is 0.154 e. The van der Waals surface area contributed by atoms with E-state index in [-0.39, 0.29) is 0 Å². The minimum atomic E-state index is 0.517. The average molecular weight is 183 g/mol. The highest BCUT2D eigenvalue weighted by molar-refractivity contribution is 6.29. The number of nitrogens with zero attached hydrogens (tertiary/aromatic N) is 2. The molecule has 12 heavy (non-hydrogen) atoms. The summed E-state index contributed by atoms with van der Waals surface area (Å²) in [6.07, 6.45) is 3.40. The van der Waals surface area contributed by atoms with Crippen LogP contribution >= 0.6 is 11.6 Å². The van der Waals surface area contributed by atoms with Crippen LogP contribution in [0.5, 0.6) is 0 Å². The number of hydrogen-bond acceptors (Lipinski definition) is 2. The van der Waals surface area contributed by atoms with E-state index in [1.807, 2.05) is 6.07 Å². The van der Waals surface area contributed by atoms with Gasteiger partial charge in [0.05, 0.1) is 5.69 Å². The van der Waals surface area contributed by atoms with Gasteiger partial charge in [0, 0.05) is 0 Å². The number of hydrogen-bond donors (Lipinski definition) is 0. The number of aromatic nitrogens is 2. The fourth-order valence-corrected chi connectivity index (χ4v) is 1.82. The number of fused-ring (bicyclic) bond motifs is 1. The molecule has 64 valence electrons. The summed E-state index contributed by atoms with van der Waals surface area (Å²) in [5.41, 5.74) is 2.42. The highest BCUT2D eigenvalue weighted by Gasteiger charge is 2.16. The van der Waals surface area contributed by atoms with E-state index in [9.17, 15) is 0 Å². The van der Waals surface area contributed by atoms with Crippen LogP contribution in [0, 0.1) is 5.92 Å². The Morgan fingerprint density at radius 1 is 1.50 bits per heavy atom. The van der Waals surface area contributed by atoms with Crippen LogP contribution in [0.2, 0.25) is 5.15 Å². The topological polar surface area (TPSA) is 25.8 Å². The summed E-state index contributed by atoms with van der Waals surface area (Å²) in [7, 11) is 0. The van der Waals surface area contributed by atoms with Gasteiger partial charge in [-0.3, -0.25) is 0 Å². The highest BCUT2D eigenvalue weighted by atomic mass is 35.5. The fourth-order valence-electron chi connectivity index (χ4n) is 1.65. The standard InChI is InChI=1S/C9H11ClN2/c1-6-2-3-7-5-9(10)12-11-8(7)4-6/h5-6H,2-4H2,1H3/t6-/m0/s1. The molecule has 1 heterocycles. The lowest BCUT2D eigenvalue weighted by Crippen LogP contribution is -2.13. The quantitative estimate of drug-likeness (QED) is 0.615. The zero-order valence-electron chi connectivity index (χ0n) is 7.05. The summed E-state index contributed by atoms with van der Waals surface area (Å²) in [6.45, 7) is 2.25. The van der Waals surface area contributed by atoms with Gasteiger partial charge >= 0.3 is 0 Å². The first-order valence-corrected chi connectivity index (χ1v) is 4.64. The molecule has 1 atom stereocenters. The van der Waals surface area contributed by atoms with Crippen molar-refractivity contribution in [2.24, 2.45) is 5.92 Å². The van der Waals surface area contributed by atoms with Crippen LogP contribution < -0.4 is 0 Å². The Morgan fingerprint density at radius 2 is 2.33 bits per heavy atom. The van der Waals surface area contributed by atoms with Gasteiger partial charge in [-0.2, -0.15) is 5.10 Å². The van der Waals surface area contributed by atoms with Gasteiger partial charge in [-0.15, -0.1) is 5.10 Å². The summed E-state index contributed by atoms with van der Waals surface area (Å²) in [6, 6.07) is 1.94. The molecular weight excluding hydrogens is 172 g/mol. The molecular formula is C9H11ClN2. The molecule has 0 fully saturated rings. The first kappa shape index (κ1) is 7.99. The second kappa shape index (κ2) is 3.02. The summed E-state index contributed by atoms with van der Waals surface area (Å²) in [4.78, 5) is 0. The van der Waals surface area contributed by atoms with Gasteiger partial charge in [-0.25, -0.2) is 0 Å². The van der Waals surface area contributed by atoms with Crippen molar-refractivity contribution in [2.75, 3.05) is 0 Å². The Balaban J connectivity index is 2.37. The molecule has 1 aromatic rings. The van der Waals surface area contributed by atoms with E-state index in [2.05, 4.69) is 17.1 Å². The predicted molar refractivity (Wildman–Crippen MR) is 48.2 cm³/mol. The van der Waals surface area contributed by atoms with Crippen molar-refractivity contribution in [1.82, 2.24) is 10.2 Å². The Hall–Kier alpha value is -0.630. The molecule has 0 saturated carbocycles. The molecule has 1 aliphatic carbocycles. The Bertz CT molecular complexity index is 299. The van der Waals surface area contributed by atoms with E-state index in [0.29, 0.717) is 5.15 Å². The van der Waals surface area contributed by atoms with Gasteiger partial charge in [0.1, 0.15) is 0 Å². The monoisotopic (exact) mass is 182 g/mol. The molecule has 0 spiro atoms. The molecule has 0 unspecified atom stereocenters.